The summed E-state index contributed by atoms with van der Waals surface area (Å²) in [6, 6.07) is 10.0. The van der Waals surface area contributed by atoms with Crippen molar-refractivity contribution >= 4 is 11.9 Å². The number of aromatic nitrogens is 1. The lowest BCUT2D eigenvalue weighted by atomic mass is 10.1. The van der Waals surface area contributed by atoms with E-state index in [1.807, 2.05) is 44.3 Å². The fraction of sp³-hybridized carbons (Fsp3) is 0.476. The number of amides is 1. The molecule has 2 aromatic rings. The van der Waals surface area contributed by atoms with Gasteiger partial charge in [0.1, 0.15) is 5.76 Å². The molecule has 0 unspecified atom stereocenters. The van der Waals surface area contributed by atoms with Crippen LogP contribution in [0.15, 0.2) is 34.7 Å². The molecule has 0 saturated carbocycles. The number of nitrogens with zero attached hydrogens (tertiary/aromatic N) is 2. The minimum Gasteiger partial charge on any atom is -0.469 e. The number of benzene rings is 1. The lowest BCUT2D eigenvalue weighted by Crippen LogP contribution is -2.42. The minimum atomic E-state index is -0.197. The molecular formula is C21H27N3O4. The number of carbonyl (C=O) groups is 2. The first-order valence-electron chi connectivity index (χ1n) is 9.55. The van der Waals surface area contributed by atoms with Crippen molar-refractivity contribution in [3.05, 3.63) is 41.8 Å². The summed E-state index contributed by atoms with van der Waals surface area (Å²) in [7, 11) is 3.40. The Bertz CT molecular complexity index is 818. The van der Waals surface area contributed by atoms with Crippen LogP contribution >= 0.6 is 0 Å². The van der Waals surface area contributed by atoms with Crippen LogP contribution in [0.4, 0.5) is 0 Å². The third kappa shape index (κ3) is 4.78. The SMILES string of the molecule is COC(=O)C[C@H]1CC[C@@H](CNC(=O)Cc2nc(-c3ccccc3)oc2C)N1C. The van der Waals surface area contributed by atoms with Crippen molar-refractivity contribution in [2.45, 2.75) is 44.7 Å². The number of likely N-dealkylation sites (tertiary alicyclic amines) is 1. The standard InChI is InChI=1S/C21H27N3O4/c1-14-18(23-21(28-14)15-7-5-4-6-8-15)12-19(25)22-13-17-10-9-16(24(17)2)11-20(26)27-3/h4-8,16-17H,9-13H2,1-3H3,(H,22,25)/t16-,17+/m1/s1. The molecule has 7 nitrogen and oxygen atoms in total. The van der Waals surface area contributed by atoms with Crippen molar-refractivity contribution in [3.63, 3.8) is 0 Å². The van der Waals surface area contributed by atoms with E-state index in [0.717, 1.165) is 18.4 Å². The number of methoxy groups -OCH3 is 1. The Labute approximate surface area is 165 Å². The molecule has 1 aliphatic heterocycles. The van der Waals surface area contributed by atoms with E-state index in [0.29, 0.717) is 30.3 Å². The Morgan fingerprint density at radius 1 is 1.25 bits per heavy atom. The number of hydrogen-bond acceptors (Lipinski definition) is 6. The first-order chi connectivity index (χ1) is 13.5. The van der Waals surface area contributed by atoms with Gasteiger partial charge in [-0.15, -0.1) is 0 Å². The van der Waals surface area contributed by atoms with Gasteiger partial charge < -0.3 is 14.5 Å². The van der Waals surface area contributed by atoms with Gasteiger partial charge in [-0.25, -0.2) is 4.98 Å². The first kappa shape index (κ1) is 20.1. The lowest BCUT2D eigenvalue weighted by Gasteiger charge is -2.25. The van der Waals surface area contributed by atoms with Gasteiger partial charge in [-0.2, -0.15) is 0 Å². The van der Waals surface area contributed by atoms with Gasteiger partial charge in [0, 0.05) is 24.2 Å². The van der Waals surface area contributed by atoms with E-state index < -0.39 is 0 Å². The average Bonchev–Trinajstić information content (AvgIpc) is 3.23. The Balaban J connectivity index is 1.51. The van der Waals surface area contributed by atoms with Crippen LogP contribution in [0.25, 0.3) is 11.5 Å². The fourth-order valence-corrected chi connectivity index (χ4v) is 3.60. The van der Waals surface area contributed by atoms with Crippen molar-refractivity contribution in [3.8, 4) is 11.5 Å². The summed E-state index contributed by atoms with van der Waals surface area (Å²) >= 11 is 0. The number of nitrogens with one attached hydrogen (secondary N) is 1. The number of likely N-dealkylation sites (N-methyl/N-ethyl adjacent to an activating group) is 1. The zero-order valence-electron chi connectivity index (χ0n) is 16.6. The van der Waals surface area contributed by atoms with E-state index in [1.54, 1.807) is 0 Å². The third-order valence-electron chi connectivity index (χ3n) is 5.39. The number of rotatable bonds is 7. The number of aryl methyl sites for hydroxylation is 1. The molecule has 2 atom stereocenters. The van der Waals surface area contributed by atoms with Gasteiger partial charge in [0.05, 0.1) is 25.6 Å². The van der Waals surface area contributed by atoms with Crippen LogP contribution in [-0.2, 0) is 20.7 Å². The monoisotopic (exact) mass is 385 g/mol. The maximum atomic E-state index is 12.4. The molecule has 0 bridgehead atoms. The molecular weight excluding hydrogens is 358 g/mol. The van der Waals surface area contributed by atoms with Crippen LogP contribution < -0.4 is 5.32 Å². The van der Waals surface area contributed by atoms with Crippen molar-refractivity contribution in [2.75, 3.05) is 20.7 Å². The molecule has 1 aromatic carbocycles. The topological polar surface area (TPSA) is 84.7 Å². The van der Waals surface area contributed by atoms with Gasteiger partial charge in [-0.3, -0.25) is 14.5 Å². The second-order valence-electron chi connectivity index (χ2n) is 7.20. The summed E-state index contributed by atoms with van der Waals surface area (Å²) in [5.41, 5.74) is 1.54. The normalized spacial score (nSPS) is 19.5. The molecule has 1 fully saturated rings. The highest BCUT2D eigenvalue weighted by Crippen LogP contribution is 2.25. The number of hydrogen-bond donors (Lipinski definition) is 1. The van der Waals surface area contributed by atoms with Crippen molar-refractivity contribution < 1.29 is 18.7 Å². The van der Waals surface area contributed by atoms with Crippen LogP contribution in [0, 0.1) is 6.92 Å². The largest absolute Gasteiger partial charge is 0.469 e. The van der Waals surface area contributed by atoms with Crippen LogP contribution in [0.1, 0.15) is 30.7 Å². The van der Waals surface area contributed by atoms with E-state index in [2.05, 4.69) is 15.2 Å². The Morgan fingerprint density at radius 2 is 1.96 bits per heavy atom. The summed E-state index contributed by atoms with van der Waals surface area (Å²) in [5.74, 6) is 0.908. The van der Waals surface area contributed by atoms with Gasteiger partial charge in [0.25, 0.3) is 0 Å². The first-order valence-corrected chi connectivity index (χ1v) is 9.55. The maximum absolute atomic E-state index is 12.4. The predicted octanol–water partition coefficient (Wildman–Crippen LogP) is 2.33. The molecule has 28 heavy (non-hydrogen) atoms. The zero-order valence-corrected chi connectivity index (χ0v) is 16.6. The number of ether oxygens (including phenoxy) is 1. The predicted molar refractivity (Wildman–Crippen MR) is 105 cm³/mol. The lowest BCUT2D eigenvalue weighted by molar-refractivity contribution is -0.141. The van der Waals surface area contributed by atoms with Crippen LogP contribution in [0.2, 0.25) is 0 Å². The Hall–Kier alpha value is -2.67. The summed E-state index contributed by atoms with van der Waals surface area (Å²) in [4.78, 5) is 30.5. The Morgan fingerprint density at radius 3 is 2.68 bits per heavy atom. The summed E-state index contributed by atoms with van der Waals surface area (Å²) in [5, 5.41) is 2.99. The highest BCUT2D eigenvalue weighted by atomic mass is 16.5. The van der Waals surface area contributed by atoms with Crippen LogP contribution in [0.5, 0.6) is 0 Å². The van der Waals surface area contributed by atoms with E-state index in [1.165, 1.54) is 7.11 Å². The molecule has 0 radical (unpaired) electrons. The quantitative estimate of drug-likeness (QED) is 0.737. The molecule has 0 spiro atoms. The zero-order chi connectivity index (χ0) is 20.1. The van der Waals surface area contributed by atoms with Crippen molar-refractivity contribution in [1.29, 1.82) is 0 Å². The molecule has 1 aromatic heterocycles. The maximum Gasteiger partial charge on any atom is 0.307 e. The molecule has 1 amide bonds. The van der Waals surface area contributed by atoms with Gasteiger partial charge in [-0.1, -0.05) is 18.2 Å². The van der Waals surface area contributed by atoms with E-state index in [-0.39, 0.29) is 30.4 Å². The number of esters is 1. The van der Waals surface area contributed by atoms with E-state index >= 15 is 0 Å². The summed E-state index contributed by atoms with van der Waals surface area (Å²) in [6.07, 6.45) is 2.44. The molecule has 7 heteroatoms. The highest BCUT2D eigenvalue weighted by Gasteiger charge is 2.32. The smallest absolute Gasteiger partial charge is 0.307 e. The number of carbonyl (C=O) groups excluding carboxylic acids is 2. The Kier molecular flexibility index (Phi) is 6.46. The second-order valence-corrected chi connectivity index (χ2v) is 7.20. The molecule has 3 rings (SSSR count). The van der Waals surface area contributed by atoms with Gasteiger partial charge in [0.2, 0.25) is 11.8 Å². The summed E-state index contributed by atoms with van der Waals surface area (Å²) < 4.78 is 10.5. The molecule has 1 N–H and O–H groups in total. The molecule has 150 valence electrons. The average molecular weight is 385 g/mol. The summed E-state index contributed by atoms with van der Waals surface area (Å²) in [6.45, 7) is 2.37. The van der Waals surface area contributed by atoms with Gasteiger partial charge in [0.15, 0.2) is 0 Å². The molecule has 2 heterocycles. The fourth-order valence-electron chi connectivity index (χ4n) is 3.60. The van der Waals surface area contributed by atoms with Crippen LogP contribution in [0.3, 0.4) is 0 Å². The van der Waals surface area contributed by atoms with Crippen molar-refractivity contribution in [1.82, 2.24) is 15.2 Å². The minimum absolute atomic E-state index is 0.0826. The van der Waals surface area contributed by atoms with Gasteiger partial charge in [-0.05, 0) is 38.9 Å². The molecule has 0 aliphatic carbocycles. The second kappa shape index (κ2) is 9.01. The number of oxazole rings is 1. The molecule has 1 aliphatic rings. The van der Waals surface area contributed by atoms with Crippen LogP contribution in [-0.4, -0.2) is 54.5 Å². The van der Waals surface area contributed by atoms with E-state index in [9.17, 15) is 9.59 Å². The third-order valence-corrected chi connectivity index (χ3v) is 5.39. The highest BCUT2D eigenvalue weighted by molar-refractivity contribution is 5.78. The van der Waals surface area contributed by atoms with Crippen molar-refractivity contribution in [2.24, 2.45) is 0 Å². The van der Waals surface area contributed by atoms with E-state index in [4.69, 9.17) is 9.15 Å². The van der Waals surface area contributed by atoms with Gasteiger partial charge >= 0.3 is 5.97 Å². The molecule has 1 saturated heterocycles.